The van der Waals surface area contributed by atoms with Gasteiger partial charge in [-0.05, 0) is 48.9 Å². The van der Waals surface area contributed by atoms with Gasteiger partial charge < -0.3 is 15.2 Å². The molecule has 1 unspecified atom stereocenters. The highest BCUT2D eigenvalue weighted by atomic mass is 19.1. The molecule has 31 heavy (non-hydrogen) atoms. The summed E-state index contributed by atoms with van der Waals surface area (Å²) in [6.07, 6.45) is 0. The monoisotopic (exact) mass is 413 g/mol. The first kappa shape index (κ1) is 19.1. The smallest absolute Gasteiger partial charge is 0.255 e. The topological polar surface area (TPSA) is 65.2 Å². The lowest BCUT2D eigenvalue weighted by Crippen LogP contribution is -2.36. The zero-order chi connectivity index (χ0) is 21.5. The van der Waals surface area contributed by atoms with E-state index in [4.69, 9.17) is 0 Å². The van der Waals surface area contributed by atoms with E-state index in [9.17, 15) is 14.0 Å². The van der Waals surface area contributed by atoms with Crippen molar-refractivity contribution in [1.82, 2.24) is 9.88 Å². The minimum atomic E-state index is -0.377. The molecule has 0 saturated carbocycles. The van der Waals surface area contributed by atoms with Crippen LogP contribution in [-0.2, 0) is 4.79 Å². The number of nitrogens with zero attached hydrogens (tertiary/aromatic N) is 1. The van der Waals surface area contributed by atoms with Gasteiger partial charge >= 0.3 is 0 Å². The fourth-order valence-corrected chi connectivity index (χ4v) is 4.38. The number of hydrogen-bond donors (Lipinski definition) is 2. The third-order valence-electron chi connectivity index (χ3n) is 5.72. The first-order chi connectivity index (χ1) is 15.0. The van der Waals surface area contributed by atoms with Gasteiger partial charge in [0, 0.05) is 33.4 Å². The molecule has 1 aromatic heterocycles. The number of anilines is 1. The Labute approximate surface area is 178 Å². The van der Waals surface area contributed by atoms with Gasteiger partial charge in [0.25, 0.3) is 5.91 Å². The summed E-state index contributed by atoms with van der Waals surface area (Å²) < 4.78 is 13.2. The van der Waals surface area contributed by atoms with Crippen LogP contribution in [0.2, 0.25) is 0 Å². The minimum Gasteiger partial charge on any atom is -0.358 e. The molecule has 1 aliphatic heterocycles. The van der Waals surface area contributed by atoms with Crippen LogP contribution in [0.5, 0.6) is 0 Å². The number of nitrogens with one attached hydrogen (secondary N) is 2. The van der Waals surface area contributed by atoms with E-state index in [1.165, 1.54) is 24.3 Å². The van der Waals surface area contributed by atoms with Gasteiger partial charge in [-0.3, -0.25) is 9.59 Å². The van der Waals surface area contributed by atoms with Crippen molar-refractivity contribution in [1.29, 1.82) is 0 Å². The van der Waals surface area contributed by atoms with Crippen LogP contribution in [0, 0.1) is 12.7 Å². The molecule has 1 atom stereocenters. The van der Waals surface area contributed by atoms with Gasteiger partial charge in [0.15, 0.2) is 0 Å². The number of halogens is 1. The highest BCUT2D eigenvalue weighted by Gasteiger charge is 2.40. The molecule has 0 bridgehead atoms. The van der Waals surface area contributed by atoms with Crippen molar-refractivity contribution in [3.8, 4) is 0 Å². The Morgan fingerprint density at radius 3 is 2.55 bits per heavy atom. The average Bonchev–Trinajstić information content (AvgIpc) is 3.23. The lowest BCUT2D eigenvalue weighted by Gasteiger charge is -2.25. The van der Waals surface area contributed by atoms with E-state index in [1.54, 1.807) is 11.0 Å². The molecule has 154 valence electrons. The van der Waals surface area contributed by atoms with E-state index >= 15 is 0 Å². The molecule has 0 aliphatic carbocycles. The molecular formula is C25H20FN3O2. The number of rotatable bonds is 4. The molecule has 0 fully saturated rings. The van der Waals surface area contributed by atoms with Crippen LogP contribution in [0.3, 0.4) is 0 Å². The first-order valence-electron chi connectivity index (χ1n) is 10.1. The van der Waals surface area contributed by atoms with E-state index in [1.807, 2.05) is 49.4 Å². The zero-order valence-electron chi connectivity index (χ0n) is 16.9. The van der Waals surface area contributed by atoms with Gasteiger partial charge in [0.05, 0.1) is 6.04 Å². The number of amides is 2. The number of hydrogen-bond acceptors (Lipinski definition) is 2. The van der Waals surface area contributed by atoms with Gasteiger partial charge in [0.2, 0.25) is 5.91 Å². The number of aromatic amines is 1. The van der Waals surface area contributed by atoms with Crippen LogP contribution in [-0.4, -0.2) is 28.2 Å². The van der Waals surface area contributed by atoms with Crippen molar-refractivity contribution in [2.24, 2.45) is 0 Å². The van der Waals surface area contributed by atoms with Crippen molar-refractivity contribution in [3.05, 3.63) is 101 Å². The Bertz CT molecular complexity index is 1310. The molecule has 2 heterocycles. The number of H-pyrrole nitrogens is 1. The molecule has 5 rings (SSSR count). The summed E-state index contributed by atoms with van der Waals surface area (Å²) in [5.41, 5.74) is 4.91. The summed E-state index contributed by atoms with van der Waals surface area (Å²) >= 11 is 0. The van der Waals surface area contributed by atoms with Gasteiger partial charge in [-0.1, -0.05) is 36.4 Å². The first-order valence-corrected chi connectivity index (χ1v) is 10.1. The van der Waals surface area contributed by atoms with Crippen molar-refractivity contribution in [3.63, 3.8) is 0 Å². The molecule has 0 radical (unpaired) electrons. The number of carbonyl (C=O) groups excluding carboxylic acids is 2. The highest BCUT2D eigenvalue weighted by molar-refractivity contribution is 6.04. The minimum absolute atomic E-state index is 0.117. The van der Waals surface area contributed by atoms with Crippen molar-refractivity contribution >= 4 is 28.4 Å². The number of aryl methyl sites for hydroxylation is 1. The van der Waals surface area contributed by atoms with E-state index in [2.05, 4.69) is 10.3 Å². The standard InChI is InChI=1S/C25H20FN3O2/c1-15-23(20-8-4-5-9-21(20)27-15)24-18-6-2-3-7-19(18)25(31)29(24)14-22(30)28-17-12-10-16(26)11-13-17/h2-13,24,27H,14H2,1H3,(H,28,30). The zero-order valence-corrected chi connectivity index (χ0v) is 16.9. The average molecular weight is 413 g/mol. The number of para-hydroxylation sites is 1. The van der Waals surface area contributed by atoms with Gasteiger partial charge in [-0.2, -0.15) is 0 Å². The second-order valence-corrected chi connectivity index (χ2v) is 7.69. The van der Waals surface area contributed by atoms with E-state index in [-0.39, 0.29) is 30.2 Å². The molecule has 3 aromatic carbocycles. The van der Waals surface area contributed by atoms with Crippen molar-refractivity contribution in [2.45, 2.75) is 13.0 Å². The molecule has 0 spiro atoms. The summed E-state index contributed by atoms with van der Waals surface area (Å²) in [5.74, 6) is -0.896. The molecule has 2 amide bonds. The molecule has 2 N–H and O–H groups in total. The van der Waals surface area contributed by atoms with Crippen molar-refractivity contribution < 1.29 is 14.0 Å². The SMILES string of the molecule is Cc1[nH]c2ccccc2c1C1c2ccccc2C(=O)N1CC(=O)Nc1ccc(F)cc1. The van der Waals surface area contributed by atoms with Crippen LogP contribution in [0.25, 0.3) is 10.9 Å². The summed E-state index contributed by atoms with van der Waals surface area (Å²) in [5, 5.41) is 3.78. The van der Waals surface area contributed by atoms with Crippen LogP contribution in [0.1, 0.15) is 33.2 Å². The number of aromatic nitrogens is 1. The van der Waals surface area contributed by atoms with E-state index in [0.717, 1.165) is 27.7 Å². The quantitative estimate of drug-likeness (QED) is 0.505. The normalized spacial score (nSPS) is 15.4. The maximum atomic E-state index is 13.3. The van der Waals surface area contributed by atoms with Crippen LogP contribution in [0.4, 0.5) is 10.1 Å². The Kier molecular flexibility index (Phi) is 4.55. The number of carbonyl (C=O) groups is 2. The second kappa shape index (κ2) is 7.40. The predicted molar refractivity (Wildman–Crippen MR) is 117 cm³/mol. The summed E-state index contributed by atoms with van der Waals surface area (Å²) in [4.78, 5) is 31.1. The summed E-state index contributed by atoms with van der Waals surface area (Å²) in [6, 6.07) is 20.6. The van der Waals surface area contributed by atoms with Crippen molar-refractivity contribution in [2.75, 3.05) is 11.9 Å². The second-order valence-electron chi connectivity index (χ2n) is 7.69. The fourth-order valence-electron chi connectivity index (χ4n) is 4.38. The van der Waals surface area contributed by atoms with E-state index in [0.29, 0.717) is 11.3 Å². The fraction of sp³-hybridized carbons (Fsp3) is 0.120. The molecular weight excluding hydrogens is 393 g/mol. The molecule has 0 saturated heterocycles. The Hall–Kier alpha value is -3.93. The van der Waals surface area contributed by atoms with E-state index < -0.39 is 0 Å². The van der Waals surface area contributed by atoms with Crippen LogP contribution in [0.15, 0.2) is 72.8 Å². The third-order valence-corrected chi connectivity index (χ3v) is 5.72. The number of fused-ring (bicyclic) bond motifs is 2. The molecule has 5 nitrogen and oxygen atoms in total. The van der Waals surface area contributed by atoms with Gasteiger partial charge in [0.1, 0.15) is 12.4 Å². The van der Waals surface area contributed by atoms with Crippen LogP contribution >= 0.6 is 0 Å². The Morgan fingerprint density at radius 1 is 1.03 bits per heavy atom. The molecule has 4 aromatic rings. The summed E-state index contributed by atoms with van der Waals surface area (Å²) in [7, 11) is 0. The molecule has 6 heteroatoms. The number of benzene rings is 3. The summed E-state index contributed by atoms with van der Waals surface area (Å²) in [6.45, 7) is 1.87. The lowest BCUT2D eigenvalue weighted by atomic mass is 9.95. The maximum Gasteiger partial charge on any atom is 0.255 e. The highest BCUT2D eigenvalue weighted by Crippen LogP contribution is 2.42. The Balaban J connectivity index is 1.54. The van der Waals surface area contributed by atoms with Gasteiger partial charge in [-0.25, -0.2) is 4.39 Å². The van der Waals surface area contributed by atoms with Crippen LogP contribution < -0.4 is 5.32 Å². The largest absolute Gasteiger partial charge is 0.358 e. The predicted octanol–water partition coefficient (Wildman–Crippen LogP) is 4.80. The van der Waals surface area contributed by atoms with Gasteiger partial charge in [-0.15, -0.1) is 0 Å². The third kappa shape index (κ3) is 3.26. The Morgan fingerprint density at radius 2 is 1.74 bits per heavy atom. The maximum absolute atomic E-state index is 13.3. The lowest BCUT2D eigenvalue weighted by molar-refractivity contribution is -0.117. The molecule has 1 aliphatic rings.